The Labute approximate surface area is 154 Å². The van der Waals surface area contributed by atoms with E-state index in [4.69, 9.17) is 17.0 Å². The van der Waals surface area contributed by atoms with Crippen LogP contribution in [0.4, 0.5) is 0 Å². The van der Waals surface area contributed by atoms with Crippen molar-refractivity contribution in [3.8, 4) is 0 Å². The number of hydrogen-bond donors (Lipinski definition) is 2. The smallest absolute Gasteiger partial charge is 0.337 e. The number of aromatic nitrogens is 2. The molecule has 2 heterocycles. The Balaban J connectivity index is 1.82. The fraction of sp³-hybridized carbons (Fsp3) is 0.412. The molecule has 1 aliphatic heterocycles. The lowest BCUT2D eigenvalue weighted by atomic mass is 10.1. The predicted octanol–water partition coefficient (Wildman–Crippen LogP) is 1.14. The van der Waals surface area contributed by atoms with Gasteiger partial charge in [0, 0.05) is 13.2 Å². The normalized spacial score (nSPS) is 16.6. The molecule has 138 valence electrons. The van der Waals surface area contributed by atoms with Crippen molar-refractivity contribution in [1.29, 1.82) is 0 Å². The molecule has 8 nitrogen and oxygen atoms in total. The molecule has 1 saturated heterocycles. The summed E-state index contributed by atoms with van der Waals surface area (Å²) < 4.78 is 11.4. The number of methoxy groups -OCH3 is 1. The maximum absolute atomic E-state index is 12.7. The van der Waals surface area contributed by atoms with Crippen LogP contribution in [0.3, 0.4) is 0 Å². The average Bonchev–Trinajstić information content (AvgIpc) is 3.16. The summed E-state index contributed by atoms with van der Waals surface area (Å²) in [6.07, 6.45) is 1.93. The maximum Gasteiger partial charge on any atom is 0.337 e. The van der Waals surface area contributed by atoms with Crippen molar-refractivity contribution < 1.29 is 19.1 Å². The molecule has 1 aliphatic rings. The first-order valence-electron chi connectivity index (χ1n) is 8.23. The lowest BCUT2D eigenvalue weighted by Crippen LogP contribution is -2.37. The molecule has 1 aromatic heterocycles. The van der Waals surface area contributed by atoms with E-state index in [1.807, 2.05) is 0 Å². The molecule has 0 unspecified atom stereocenters. The second-order valence-corrected chi connectivity index (χ2v) is 6.40. The van der Waals surface area contributed by atoms with Crippen molar-refractivity contribution >= 4 is 35.0 Å². The first-order chi connectivity index (χ1) is 12.5. The summed E-state index contributed by atoms with van der Waals surface area (Å²) in [5.41, 5.74) is 0.323. The van der Waals surface area contributed by atoms with Gasteiger partial charge in [0.15, 0.2) is 4.77 Å². The molecule has 0 saturated carbocycles. The van der Waals surface area contributed by atoms with Gasteiger partial charge < -0.3 is 19.8 Å². The standard InChI is InChI=1S/C17H19N3O5S/c1-24-16(23)10-4-5-12-13(7-10)19-17(26)20(15(12)22)9-14(21)18-8-11-3-2-6-25-11/h4-5,7,11H,2-3,6,8-9H2,1H3,(H,18,21)(H,19,26)/t11-/m1/s1. The molecule has 0 spiro atoms. The second-order valence-electron chi connectivity index (χ2n) is 6.01. The first-order valence-corrected chi connectivity index (χ1v) is 8.64. The summed E-state index contributed by atoms with van der Waals surface area (Å²) >= 11 is 5.20. The number of carbonyl (C=O) groups is 2. The number of nitrogens with zero attached hydrogens (tertiary/aromatic N) is 1. The van der Waals surface area contributed by atoms with Crippen LogP contribution in [-0.2, 0) is 20.8 Å². The number of nitrogens with one attached hydrogen (secondary N) is 2. The van der Waals surface area contributed by atoms with E-state index in [1.54, 1.807) is 0 Å². The van der Waals surface area contributed by atoms with Crippen LogP contribution in [0.2, 0.25) is 0 Å². The SMILES string of the molecule is COC(=O)c1ccc2c(=O)n(CC(=O)NC[C@H]3CCCO3)c(=S)[nH]c2c1. The van der Waals surface area contributed by atoms with Crippen molar-refractivity contribution in [3.05, 3.63) is 38.9 Å². The Morgan fingerprint density at radius 2 is 2.27 bits per heavy atom. The van der Waals surface area contributed by atoms with Gasteiger partial charge in [-0.2, -0.15) is 0 Å². The number of hydrogen-bond acceptors (Lipinski definition) is 6. The molecular formula is C17H19N3O5S. The van der Waals surface area contributed by atoms with Gasteiger partial charge in [-0.1, -0.05) is 0 Å². The Morgan fingerprint density at radius 1 is 1.46 bits per heavy atom. The fourth-order valence-electron chi connectivity index (χ4n) is 2.88. The molecule has 1 amide bonds. The van der Waals surface area contributed by atoms with Gasteiger partial charge >= 0.3 is 5.97 Å². The number of carbonyl (C=O) groups excluding carboxylic acids is 2. The van der Waals surface area contributed by atoms with Crippen molar-refractivity contribution in [2.24, 2.45) is 0 Å². The maximum atomic E-state index is 12.7. The number of fused-ring (bicyclic) bond motifs is 1. The van der Waals surface area contributed by atoms with Crippen molar-refractivity contribution in [2.45, 2.75) is 25.5 Å². The van der Waals surface area contributed by atoms with E-state index >= 15 is 0 Å². The van der Waals surface area contributed by atoms with Gasteiger partial charge in [-0.05, 0) is 43.3 Å². The van der Waals surface area contributed by atoms with E-state index in [0.29, 0.717) is 29.6 Å². The fourth-order valence-corrected chi connectivity index (χ4v) is 3.13. The molecule has 9 heteroatoms. The van der Waals surface area contributed by atoms with E-state index in [1.165, 1.54) is 29.9 Å². The van der Waals surface area contributed by atoms with Crippen LogP contribution in [0.15, 0.2) is 23.0 Å². The molecule has 2 N–H and O–H groups in total. The summed E-state index contributed by atoms with van der Waals surface area (Å²) in [4.78, 5) is 39.3. The van der Waals surface area contributed by atoms with Crippen LogP contribution >= 0.6 is 12.2 Å². The third-order valence-corrected chi connectivity index (χ3v) is 4.58. The van der Waals surface area contributed by atoms with E-state index in [0.717, 1.165) is 12.8 Å². The third kappa shape index (κ3) is 3.83. The quantitative estimate of drug-likeness (QED) is 0.598. The molecule has 1 aromatic carbocycles. The van der Waals surface area contributed by atoms with E-state index < -0.39 is 11.5 Å². The highest BCUT2D eigenvalue weighted by Gasteiger charge is 2.17. The van der Waals surface area contributed by atoms with Crippen LogP contribution < -0.4 is 10.9 Å². The molecular weight excluding hydrogens is 358 g/mol. The van der Waals surface area contributed by atoms with Gasteiger partial charge in [0.05, 0.1) is 29.7 Å². The Bertz CT molecular complexity index is 959. The number of H-pyrrole nitrogens is 1. The van der Waals surface area contributed by atoms with Crippen LogP contribution in [0.5, 0.6) is 0 Å². The van der Waals surface area contributed by atoms with E-state index in [-0.39, 0.29) is 23.3 Å². The average molecular weight is 377 g/mol. The molecule has 26 heavy (non-hydrogen) atoms. The van der Waals surface area contributed by atoms with Crippen molar-refractivity contribution in [3.63, 3.8) is 0 Å². The minimum atomic E-state index is -0.510. The number of benzene rings is 1. The summed E-state index contributed by atoms with van der Waals surface area (Å²) in [7, 11) is 1.28. The van der Waals surface area contributed by atoms with Crippen molar-refractivity contribution in [1.82, 2.24) is 14.9 Å². The predicted molar refractivity (Wildman–Crippen MR) is 96.7 cm³/mol. The Morgan fingerprint density at radius 3 is 2.96 bits per heavy atom. The zero-order valence-corrected chi connectivity index (χ0v) is 15.1. The number of amides is 1. The van der Waals surface area contributed by atoms with Gasteiger partial charge in [-0.25, -0.2) is 4.79 Å². The third-order valence-electron chi connectivity index (χ3n) is 4.26. The highest BCUT2D eigenvalue weighted by atomic mass is 32.1. The van der Waals surface area contributed by atoms with Gasteiger partial charge in [-0.3, -0.25) is 14.2 Å². The van der Waals surface area contributed by atoms with Crippen molar-refractivity contribution in [2.75, 3.05) is 20.3 Å². The van der Waals surface area contributed by atoms with E-state index in [2.05, 4.69) is 15.0 Å². The highest BCUT2D eigenvalue weighted by Crippen LogP contribution is 2.12. The first kappa shape index (κ1) is 18.3. The minimum Gasteiger partial charge on any atom is -0.465 e. The molecule has 0 aliphatic carbocycles. The minimum absolute atomic E-state index is 0.0264. The second kappa shape index (κ2) is 7.79. The van der Waals surface area contributed by atoms with Crippen LogP contribution in [0.25, 0.3) is 10.9 Å². The van der Waals surface area contributed by atoms with Crippen LogP contribution in [0.1, 0.15) is 23.2 Å². The molecule has 0 radical (unpaired) electrons. The van der Waals surface area contributed by atoms with E-state index in [9.17, 15) is 14.4 Å². The van der Waals surface area contributed by atoms with Gasteiger partial charge in [-0.15, -0.1) is 0 Å². The number of esters is 1. The van der Waals surface area contributed by atoms with Gasteiger partial charge in [0.2, 0.25) is 5.91 Å². The summed E-state index contributed by atoms with van der Waals surface area (Å²) in [5, 5.41) is 3.09. The van der Waals surface area contributed by atoms with Gasteiger partial charge in [0.25, 0.3) is 5.56 Å². The Hall–Kier alpha value is -2.52. The lowest BCUT2D eigenvalue weighted by molar-refractivity contribution is -0.122. The number of ether oxygens (including phenoxy) is 2. The van der Waals surface area contributed by atoms with Crippen LogP contribution in [0, 0.1) is 4.77 Å². The molecule has 0 bridgehead atoms. The highest BCUT2D eigenvalue weighted by molar-refractivity contribution is 7.71. The number of aromatic amines is 1. The molecule has 3 rings (SSSR count). The molecule has 1 fully saturated rings. The molecule has 2 aromatic rings. The van der Waals surface area contributed by atoms with Crippen LogP contribution in [-0.4, -0.2) is 47.8 Å². The monoisotopic (exact) mass is 377 g/mol. The summed E-state index contributed by atoms with van der Waals surface area (Å²) in [6, 6.07) is 4.50. The number of rotatable bonds is 5. The van der Waals surface area contributed by atoms with Gasteiger partial charge in [0.1, 0.15) is 6.54 Å². The summed E-state index contributed by atoms with van der Waals surface area (Å²) in [6.45, 7) is 0.944. The Kier molecular flexibility index (Phi) is 5.48. The summed E-state index contributed by atoms with van der Waals surface area (Å²) in [5.74, 6) is -0.823. The topological polar surface area (TPSA) is 102 Å². The largest absolute Gasteiger partial charge is 0.465 e. The zero-order valence-electron chi connectivity index (χ0n) is 14.2. The zero-order chi connectivity index (χ0) is 18.7. The molecule has 1 atom stereocenters. The lowest BCUT2D eigenvalue weighted by Gasteiger charge is -2.12.